The zero-order valence-electron chi connectivity index (χ0n) is 69.7. The monoisotopic (exact) mass is 1510 g/mol. The lowest BCUT2D eigenvalue weighted by Crippen LogP contribution is -2.35. The molecule has 0 amide bonds. The molecule has 24 nitrogen and oxygen atoms in total. The van der Waals surface area contributed by atoms with Crippen LogP contribution in [0.25, 0.3) is 0 Å². The van der Waals surface area contributed by atoms with Crippen molar-refractivity contribution in [3.8, 4) is 5.75 Å². The van der Waals surface area contributed by atoms with Gasteiger partial charge >= 0.3 is 53.7 Å². The zero-order valence-corrected chi connectivity index (χ0v) is 69.7. The number of rotatable bonds is 35. The normalized spacial score (nSPS) is 18.7. The predicted molar refractivity (Wildman–Crippen MR) is 401 cm³/mol. The molecular formula is C82H140O24. The van der Waals surface area contributed by atoms with Crippen LogP contribution in [0.4, 0.5) is 0 Å². The fourth-order valence-corrected chi connectivity index (χ4v) is 10.8. The molecule has 4 aliphatic rings. The Bertz CT molecular complexity index is 2770. The van der Waals surface area contributed by atoms with Gasteiger partial charge in [-0.2, -0.15) is 0 Å². The van der Waals surface area contributed by atoms with Crippen LogP contribution in [0.15, 0.2) is 24.3 Å². The van der Waals surface area contributed by atoms with E-state index in [1.807, 2.05) is 86.6 Å². The molecule has 3 aliphatic carbocycles. The Hall–Kier alpha value is -5.95. The van der Waals surface area contributed by atoms with Gasteiger partial charge in [-0.3, -0.25) is 24.0 Å². The maximum absolute atomic E-state index is 12.4. The SMILES string of the molecule is CCC(C)(C)C(=O)OC(CC12CCC(CC1)C2)OCCOC(C)=O.CCC(C)(C)C(=O)OCC(=O)OC(C)OC.CCC(C)(C)C(=O)OCC(=O)OC(CC(C)(C)C)OC1CCCCC1.CCC(C)(C)C(=O)OCC(=O)OC1CCCCO1.CCC(C)(C)c1ccc(OCC(=O)OC(OC)C(C)(C)C)cc1. The molecule has 5 atom stereocenters. The third-order valence-electron chi connectivity index (χ3n) is 20.1. The standard InChI is InChI=1S/C20H36O5.C19H32O5.C19H30O4.C13H22O5.C11H20O5/c1-7-20(5,6)18(22)23-14-16(21)25-17(13-19(2,3)4)24-15-11-9-8-10-12-15;1-5-18(3,4)17(21)24-16(23-11-10-22-14(2)20)13-19-8-6-15(12-19)7-9-19;1-8-19(5,6)14-9-11-15(12-10-14)22-13-16(20)23-17(21-7)18(2,3)4;1-4-13(2,3)12(15)17-9-10(14)18-11-7-5-6-8-16-11;1-6-11(3,4)10(13)15-7-9(12)16-8(2)14-5/h15,17H,7-14H2,1-6H3;15-16H,5-13H2,1-4H3;9-12,17H,8,13H2,1-7H3;11H,4-9H2,1-3H3;8H,6-7H2,1-5H3. The van der Waals surface area contributed by atoms with Gasteiger partial charge in [-0.15, -0.1) is 0 Å². The molecule has 0 N–H and O–H groups in total. The summed E-state index contributed by atoms with van der Waals surface area (Å²) in [5.74, 6) is -2.38. The van der Waals surface area contributed by atoms with Crippen LogP contribution in [-0.2, 0) is 115 Å². The Kier molecular flexibility index (Phi) is 43.7. The van der Waals surface area contributed by atoms with Crippen molar-refractivity contribution in [1.29, 1.82) is 0 Å². The van der Waals surface area contributed by atoms with Crippen molar-refractivity contribution >= 4 is 53.7 Å². The first-order valence-corrected chi connectivity index (χ1v) is 38.5. The van der Waals surface area contributed by atoms with E-state index < -0.39 is 83.0 Å². The molecule has 3 saturated carbocycles. The summed E-state index contributed by atoms with van der Waals surface area (Å²) in [4.78, 5) is 105. The molecule has 1 aromatic carbocycles. The number of benzene rings is 1. The van der Waals surface area contributed by atoms with Gasteiger partial charge in [0.25, 0.3) is 0 Å². The number of fused-ring (bicyclic) bond motifs is 2. The fourth-order valence-electron chi connectivity index (χ4n) is 10.8. The zero-order chi connectivity index (χ0) is 80.9. The number of ether oxygens (including phenoxy) is 15. The second kappa shape index (κ2) is 47.2. The minimum atomic E-state index is -0.634. The van der Waals surface area contributed by atoms with E-state index in [-0.39, 0.29) is 91.3 Å². The van der Waals surface area contributed by atoms with Gasteiger partial charge < -0.3 is 71.1 Å². The fraction of sp³-hybridized carbons (Fsp3) is 0.817. The van der Waals surface area contributed by atoms with Crippen molar-refractivity contribution in [2.45, 2.75) is 331 Å². The average Bonchev–Trinajstić information content (AvgIpc) is 1.64. The number of esters is 9. The number of hydrogen-bond donors (Lipinski definition) is 0. The van der Waals surface area contributed by atoms with Crippen molar-refractivity contribution in [1.82, 2.24) is 0 Å². The van der Waals surface area contributed by atoms with E-state index >= 15 is 0 Å². The van der Waals surface area contributed by atoms with Crippen LogP contribution < -0.4 is 4.74 Å². The van der Waals surface area contributed by atoms with E-state index in [2.05, 4.69) is 41.5 Å². The Morgan fingerprint density at radius 1 is 0.509 bits per heavy atom. The van der Waals surface area contributed by atoms with Crippen LogP contribution in [0, 0.1) is 43.8 Å². The van der Waals surface area contributed by atoms with Crippen LogP contribution in [0.1, 0.15) is 293 Å². The van der Waals surface area contributed by atoms with E-state index in [1.165, 1.54) is 65.2 Å². The molecule has 1 aliphatic heterocycles. The number of methoxy groups -OCH3 is 2. The molecule has 4 fully saturated rings. The summed E-state index contributed by atoms with van der Waals surface area (Å²) in [6.07, 6.45) is 16.9. The van der Waals surface area contributed by atoms with Crippen LogP contribution in [-0.4, -0.2) is 152 Å². The molecule has 1 saturated heterocycles. The minimum absolute atomic E-state index is 0.0273. The van der Waals surface area contributed by atoms with Crippen molar-refractivity contribution < 1.29 is 114 Å². The predicted octanol–water partition coefficient (Wildman–Crippen LogP) is 16.3. The summed E-state index contributed by atoms with van der Waals surface area (Å²) in [5, 5.41) is 0. The van der Waals surface area contributed by atoms with E-state index in [9.17, 15) is 43.2 Å². The highest BCUT2D eigenvalue weighted by Crippen LogP contribution is 2.57. The van der Waals surface area contributed by atoms with Gasteiger partial charge in [0.1, 0.15) is 12.4 Å². The van der Waals surface area contributed by atoms with Crippen LogP contribution in [0.2, 0.25) is 0 Å². The van der Waals surface area contributed by atoms with Gasteiger partial charge in [-0.05, 0) is 192 Å². The lowest BCUT2D eigenvalue weighted by atomic mass is 9.81. The number of hydrogen-bond acceptors (Lipinski definition) is 24. The highest BCUT2D eigenvalue weighted by atomic mass is 16.7. The molecule has 5 rings (SSSR count). The lowest BCUT2D eigenvalue weighted by molar-refractivity contribution is -0.205. The third-order valence-corrected chi connectivity index (χ3v) is 20.1. The second-order valence-electron chi connectivity index (χ2n) is 33.7. The maximum atomic E-state index is 12.4. The van der Waals surface area contributed by atoms with Crippen LogP contribution in [0.5, 0.6) is 5.75 Å². The average molecular weight is 1510 g/mol. The molecule has 1 aromatic rings. The first-order chi connectivity index (χ1) is 49.2. The lowest BCUT2D eigenvalue weighted by Gasteiger charge is -2.32. The first-order valence-electron chi connectivity index (χ1n) is 38.5. The highest BCUT2D eigenvalue weighted by Gasteiger charge is 2.47. The van der Waals surface area contributed by atoms with Gasteiger partial charge in [-0.1, -0.05) is 121 Å². The van der Waals surface area contributed by atoms with Gasteiger partial charge in [0, 0.05) is 45.8 Å². The largest absolute Gasteiger partial charge is 0.482 e. The Morgan fingerprint density at radius 2 is 0.991 bits per heavy atom. The molecule has 106 heavy (non-hydrogen) atoms. The van der Waals surface area contributed by atoms with Crippen molar-refractivity contribution in [2.24, 2.45) is 43.8 Å². The molecule has 0 radical (unpaired) electrons. The Balaban J connectivity index is 0.000000669. The summed E-state index contributed by atoms with van der Waals surface area (Å²) in [7, 11) is 2.95. The third kappa shape index (κ3) is 39.4. The van der Waals surface area contributed by atoms with E-state index in [0.29, 0.717) is 44.5 Å². The summed E-state index contributed by atoms with van der Waals surface area (Å²) in [6, 6.07) is 7.85. The van der Waals surface area contributed by atoms with E-state index in [4.69, 9.17) is 71.1 Å². The van der Waals surface area contributed by atoms with Gasteiger partial charge in [-0.25, -0.2) is 19.2 Å². The summed E-state index contributed by atoms with van der Waals surface area (Å²) < 4.78 is 78.6. The van der Waals surface area contributed by atoms with Crippen molar-refractivity contribution in [3.63, 3.8) is 0 Å². The smallest absolute Gasteiger partial charge is 0.346 e. The molecular weight excluding hydrogens is 1370 g/mol. The summed E-state index contributed by atoms with van der Waals surface area (Å²) in [5.41, 5.74) is -0.898. The minimum Gasteiger partial charge on any atom is -0.482 e. The molecule has 2 bridgehead atoms. The molecule has 0 aromatic heterocycles. The quantitative estimate of drug-likeness (QED) is 0.0264. The van der Waals surface area contributed by atoms with Crippen molar-refractivity contribution in [2.75, 3.05) is 60.5 Å². The van der Waals surface area contributed by atoms with E-state index in [1.54, 1.807) is 48.5 Å². The molecule has 24 heteroatoms. The van der Waals surface area contributed by atoms with Crippen molar-refractivity contribution in [3.05, 3.63) is 29.8 Å². The summed E-state index contributed by atoms with van der Waals surface area (Å²) >= 11 is 0. The van der Waals surface area contributed by atoms with Gasteiger partial charge in [0.05, 0.1) is 41.0 Å². The molecule has 1 heterocycles. The van der Waals surface area contributed by atoms with Gasteiger partial charge in [0.15, 0.2) is 32.7 Å². The Morgan fingerprint density at radius 3 is 1.42 bits per heavy atom. The number of carbonyl (C=O) groups is 9. The summed E-state index contributed by atoms with van der Waals surface area (Å²) in [6.45, 7) is 43.6. The number of carbonyl (C=O) groups excluding carboxylic acids is 9. The van der Waals surface area contributed by atoms with Crippen LogP contribution >= 0.6 is 0 Å². The molecule has 5 unspecified atom stereocenters. The maximum Gasteiger partial charge on any atom is 0.346 e. The van der Waals surface area contributed by atoms with E-state index in [0.717, 1.165) is 63.7 Å². The molecule has 0 spiro atoms. The second-order valence-corrected chi connectivity index (χ2v) is 33.7. The molecule has 612 valence electrons. The van der Waals surface area contributed by atoms with Gasteiger partial charge in [0.2, 0.25) is 25.2 Å². The topological polar surface area (TPSA) is 292 Å². The Labute approximate surface area is 635 Å². The highest BCUT2D eigenvalue weighted by molar-refractivity contribution is 5.81. The first kappa shape index (κ1) is 98.1. The van der Waals surface area contributed by atoms with Crippen LogP contribution in [0.3, 0.4) is 0 Å².